The van der Waals surface area contributed by atoms with E-state index in [0.29, 0.717) is 10.8 Å². The summed E-state index contributed by atoms with van der Waals surface area (Å²) in [6.07, 6.45) is 4.38. The molecule has 1 aliphatic carbocycles. The molecule has 0 aromatic heterocycles. The molecule has 2 heteroatoms. The molecule has 110 valence electrons. The van der Waals surface area contributed by atoms with Crippen molar-refractivity contribution in [1.82, 2.24) is 0 Å². The number of rotatable bonds is 1. The van der Waals surface area contributed by atoms with E-state index in [4.69, 9.17) is 10.5 Å². The molecule has 1 aliphatic heterocycles. The lowest BCUT2D eigenvalue weighted by Crippen LogP contribution is -2.49. The summed E-state index contributed by atoms with van der Waals surface area (Å²) in [5.41, 5.74) is 9.90. The van der Waals surface area contributed by atoms with Gasteiger partial charge in [0.15, 0.2) is 0 Å². The van der Waals surface area contributed by atoms with Gasteiger partial charge in [-0.1, -0.05) is 39.8 Å². The van der Waals surface area contributed by atoms with Crippen molar-refractivity contribution in [3.8, 4) is 5.75 Å². The minimum absolute atomic E-state index is 0.205. The number of ether oxygens (including phenoxy) is 1. The third-order valence-electron chi connectivity index (χ3n) is 4.81. The van der Waals surface area contributed by atoms with Crippen LogP contribution in [0.3, 0.4) is 0 Å². The molecule has 20 heavy (non-hydrogen) atoms. The second-order valence-electron chi connectivity index (χ2n) is 8.44. The Morgan fingerprint density at radius 1 is 1.00 bits per heavy atom. The fourth-order valence-electron chi connectivity index (χ4n) is 4.89. The zero-order valence-corrected chi connectivity index (χ0v) is 13.3. The highest BCUT2D eigenvalue weighted by molar-refractivity contribution is 5.42. The molecular formula is C18H27NO. The Labute approximate surface area is 122 Å². The minimum Gasteiger partial charge on any atom is -0.493 e. The lowest BCUT2D eigenvalue weighted by atomic mass is 9.57. The lowest BCUT2D eigenvalue weighted by molar-refractivity contribution is 0.0470. The zero-order chi connectivity index (χ0) is 14.6. The summed E-state index contributed by atoms with van der Waals surface area (Å²) in [6.45, 7) is 10.2. The second-order valence-corrected chi connectivity index (χ2v) is 8.44. The topological polar surface area (TPSA) is 35.2 Å². The van der Waals surface area contributed by atoms with E-state index in [-0.39, 0.29) is 5.54 Å². The summed E-state index contributed by atoms with van der Waals surface area (Å²) in [5.74, 6) is 1.05. The van der Waals surface area contributed by atoms with Crippen LogP contribution in [-0.2, 0) is 12.0 Å². The van der Waals surface area contributed by atoms with Crippen LogP contribution in [0.15, 0.2) is 18.2 Å². The van der Waals surface area contributed by atoms with E-state index < -0.39 is 0 Å². The van der Waals surface area contributed by atoms with Crippen LogP contribution in [-0.4, -0.2) is 6.61 Å². The van der Waals surface area contributed by atoms with Crippen LogP contribution in [0.2, 0.25) is 0 Å². The van der Waals surface area contributed by atoms with Crippen LogP contribution in [0.25, 0.3) is 0 Å². The van der Waals surface area contributed by atoms with Gasteiger partial charge >= 0.3 is 0 Å². The predicted octanol–water partition coefficient (Wildman–Crippen LogP) is 4.01. The first-order valence-corrected chi connectivity index (χ1v) is 7.74. The minimum atomic E-state index is -0.205. The Hall–Kier alpha value is -1.02. The van der Waals surface area contributed by atoms with Crippen molar-refractivity contribution >= 4 is 0 Å². The number of fused-ring (bicyclic) bond motifs is 1. The maximum Gasteiger partial charge on any atom is 0.122 e. The molecule has 0 atom stereocenters. The van der Waals surface area contributed by atoms with Gasteiger partial charge < -0.3 is 10.5 Å². The zero-order valence-electron chi connectivity index (χ0n) is 13.3. The van der Waals surface area contributed by atoms with Gasteiger partial charge in [0, 0.05) is 12.0 Å². The summed E-state index contributed by atoms with van der Waals surface area (Å²) in [7, 11) is 0. The average Bonchev–Trinajstić information content (AvgIpc) is 2.70. The number of hydrogen-bond donors (Lipinski definition) is 1. The smallest absolute Gasteiger partial charge is 0.122 e. The van der Waals surface area contributed by atoms with E-state index in [1.54, 1.807) is 0 Å². The third-order valence-corrected chi connectivity index (χ3v) is 4.81. The maximum absolute atomic E-state index is 6.88. The van der Waals surface area contributed by atoms with E-state index in [1.807, 2.05) is 0 Å². The van der Waals surface area contributed by atoms with E-state index in [2.05, 4.69) is 45.9 Å². The Morgan fingerprint density at radius 2 is 1.65 bits per heavy atom. The van der Waals surface area contributed by atoms with E-state index in [0.717, 1.165) is 31.6 Å². The van der Waals surface area contributed by atoms with Crippen molar-refractivity contribution in [2.45, 2.75) is 58.9 Å². The average molecular weight is 273 g/mol. The standard InChI is InChI=1S/C18H27NO/c1-16(2)10-17(3,4)12-18(19,11-16)14-5-6-15-13(9-14)7-8-20-15/h5-6,9H,7-8,10-12,19H2,1-4H3. The van der Waals surface area contributed by atoms with Gasteiger partial charge in [-0.15, -0.1) is 0 Å². The van der Waals surface area contributed by atoms with Gasteiger partial charge in [-0.2, -0.15) is 0 Å². The normalized spacial score (nSPS) is 25.9. The van der Waals surface area contributed by atoms with Crippen LogP contribution in [0.1, 0.15) is 58.1 Å². The van der Waals surface area contributed by atoms with E-state index in [9.17, 15) is 0 Å². The third kappa shape index (κ3) is 2.46. The summed E-state index contributed by atoms with van der Waals surface area (Å²) < 4.78 is 5.61. The molecule has 1 fully saturated rings. The first kappa shape index (κ1) is 13.9. The van der Waals surface area contributed by atoms with Crippen LogP contribution < -0.4 is 10.5 Å². The van der Waals surface area contributed by atoms with Gasteiger partial charge in [0.05, 0.1) is 6.61 Å². The van der Waals surface area contributed by atoms with Gasteiger partial charge in [0.25, 0.3) is 0 Å². The monoisotopic (exact) mass is 273 g/mol. The molecule has 3 rings (SSSR count). The van der Waals surface area contributed by atoms with Crippen LogP contribution in [0.4, 0.5) is 0 Å². The number of nitrogens with two attached hydrogens (primary N) is 1. The molecule has 0 radical (unpaired) electrons. The Morgan fingerprint density at radius 3 is 2.30 bits per heavy atom. The Bertz CT molecular complexity index is 514. The maximum atomic E-state index is 6.88. The molecule has 2 nitrogen and oxygen atoms in total. The molecule has 1 aromatic rings. The van der Waals surface area contributed by atoms with Crippen molar-refractivity contribution < 1.29 is 4.74 Å². The van der Waals surface area contributed by atoms with Crippen molar-refractivity contribution in [2.75, 3.05) is 6.61 Å². The predicted molar refractivity (Wildman–Crippen MR) is 82.9 cm³/mol. The number of hydrogen-bond acceptors (Lipinski definition) is 2. The second kappa shape index (κ2) is 4.24. The Kier molecular flexibility index (Phi) is 2.95. The highest BCUT2D eigenvalue weighted by atomic mass is 16.5. The molecule has 2 N–H and O–H groups in total. The highest BCUT2D eigenvalue weighted by Crippen LogP contribution is 2.53. The van der Waals surface area contributed by atoms with Gasteiger partial charge in [0.2, 0.25) is 0 Å². The molecule has 1 saturated carbocycles. The van der Waals surface area contributed by atoms with Crippen LogP contribution >= 0.6 is 0 Å². The van der Waals surface area contributed by atoms with Crippen molar-refractivity contribution in [2.24, 2.45) is 16.6 Å². The summed E-state index contributed by atoms with van der Waals surface area (Å²) in [4.78, 5) is 0. The van der Waals surface area contributed by atoms with Crippen molar-refractivity contribution in [3.63, 3.8) is 0 Å². The quantitative estimate of drug-likeness (QED) is 0.839. The SMILES string of the molecule is CC1(C)CC(C)(C)CC(N)(c2ccc3c(c2)CCO3)C1. The van der Waals surface area contributed by atoms with Gasteiger partial charge in [-0.05, 0) is 47.3 Å². The largest absolute Gasteiger partial charge is 0.493 e. The molecule has 0 bridgehead atoms. The number of benzene rings is 1. The van der Waals surface area contributed by atoms with Crippen LogP contribution in [0.5, 0.6) is 5.75 Å². The summed E-state index contributed by atoms with van der Waals surface area (Å²) in [6, 6.07) is 6.59. The van der Waals surface area contributed by atoms with Crippen LogP contribution in [0, 0.1) is 10.8 Å². The molecule has 1 heterocycles. The molecular weight excluding hydrogens is 246 g/mol. The summed E-state index contributed by atoms with van der Waals surface area (Å²) >= 11 is 0. The molecule has 0 spiro atoms. The summed E-state index contributed by atoms with van der Waals surface area (Å²) in [5, 5.41) is 0. The Balaban J connectivity index is 1.99. The molecule has 0 saturated heterocycles. The highest BCUT2D eigenvalue weighted by Gasteiger charge is 2.46. The van der Waals surface area contributed by atoms with Gasteiger partial charge in [0.1, 0.15) is 5.75 Å². The van der Waals surface area contributed by atoms with Gasteiger partial charge in [-0.25, -0.2) is 0 Å². The molecule has 2 aliphatic rings. The lowest BCUT2D eigenvalue weighted by Gasteiger charge is -2.50. The fraction of sp³-hybridized carbons (Fsp3) is 0.667. The van der Waals surface area contributed by atoms with Crippen molar-refractivity contribution in [3.05, 3.63) is 29.3 Å². The molecule has 0 unspecified atom stereocenters. The van der Waals surface area contributed by atoms with E-state index in [1.165, 1.54) is 17.5 Å². The fourth-order valence-corrected chi connectivity index (χ4v) is 4.89. The first-order chi connectivity index (χ1) is 9.19. The van der Waals surface area contributed by atoms with Crippen molar-refractivity contribution in [1.29, 1.82) is 0 Å². The first-order valence-electron chi connectivity index (χ1n) is 7.74. The molecule has 0 amide bonds. The molecule has 1 aromatic carbocycles. The van der Waals surface area contributed by atoms with E-state index >= 15 is 0 Å². The van der Waals surface area contributed by atoms with Gasteiger partial charge in [-0.3, -0.25) is 0 Å².